The molecule has 0 N–H and O–H groups in total. The van der Waals surface area contributed by atoms with Gasteiger partial charge in [0.05, 0.1) is 12.2 Å². The molecule has 0 spiro atoms. The number of carbonyl (C=O) groups excluding carboxylic acids is 1. The molecule has 2 aromatic rings. The molecule has 0 radical (unpaired) electrons. The van der Waals surface area contributed by atoms with E-state index in [1.165, 1.54) is 0 Å². The molecule has 0 heterocycles. The quantitative estimate of drug-likeness (QED) is 0.401. The zero-order chi connectivity index (χ0) is 16.3. The van der Waals surface area contributed by atoms with Crippen LogP contribution in [0.15, 0.2) is 60.7 Å². The maximum Gasteiger partial charge on any atom is 0.340 e. The number of carbonyl (C=O) groups is 1. The fraction of sp³-hybridized carbons (Fsp3) is 0.316. The largest absolute Gasteiger partial charge is 0.432 e. The molecule has 122 valence electrons. The third-order valence-electron chi connectivity index (χ3n) is 3.31. The molecule has 0 saturated heterocycles. The Morgan fingerprint density at radius 2 is 1.65 bits per heavy atom. The average molecular weight is 314 g/mol. The highest BCUT2D eigenvalue weighted by Gasteiger charge is 2.16. The summed E-state index contributed by atoms with van der Waals surface area (Å²) in [4.78, 5) is 12.2. The van der Waals surface area contributed by atoms with Crippen molar-refractivity contribution in [2.75, 3.05) is 13.7 Å². The van der Waals surface area contributed by atoms with E-state index in [2.05, 4.69) is 0 Å². The summed E-state index contributed by atoms with van der Waals surface area (Å²) in [6.07, 6.45) is 0.773. The third kappa shape index (κ3) is 6.22. The number of hydrogen-bond donors (Lipinski definition) is 0. The van der Waals surface area contributed by atoms with Gasteiger partial charge in [0.1, 0.15) is 0 Å². The first-order valence-electron chi connectivity index (χ1n) is 7.70. The van der Waals surface area contributed by atoms with Gasteiger partial charge in [-0.2, -0.15) is 0 Å². The fourth-order valence-electron chi connectivity index (χ4n) is 2.10. The first kappa shape index (κ1) is 17.2. The summed E-state index contributed by atoms with van der Waals surface area (Å²) in [5.74, 6) is -0.374. The molecule has 0 bridgehead atoms. The average Bonchev–Trinajstić information content (AvgIpc) is 2.61. The summed E-state index contributed by atoms with van der Waals surface area (Å²) in [6.45, 7) is 1.01. The Morgan fingerprint density at radius 3 is 2.30 bits per heavy atom. The fourth-order valence-corrected chi connectivity index (χ4v) is 2.10. The zero-order valence-corrected chi connectivity index (χ0v) is 13.3. The van der Waals surface area contributed by atoms with Crippen molar-refractivity contribution in [1.82, 2.24) is 0 Å². The van der Waals surface area contributed by atoms with Gasteiger partial charge in [0, 0.05) is 20.1 Å². The molecule has 0 aliphatic heterocycles. The first-order chi connectivity index (χ1) is 11.3. The smallest absolute Gasteiger partial charge is 0.340 e. The summed E-state index contributed by atoms with van der Waals surface area (Å²) in [5.41, 5.74) is 1.56. The van der Waals surface area contributed by atoms with Crippen molar-refractivity contribution in [2.24, 2.45) is 0 Å². The van der Waals surface area contributed by atoms with Crippen LogP contribution in [-0.4, -0.2) is 26.0 Å². The van der Waals surface area contributed by atoms with E-state index in [1.807, 2.05) is 36.4 Å². The van der Waals surface area contributed by atoms with Crippen molar-refractivity contribution < 1.29 is 19.0 Å². The van der Waals surface area contributed by atoms with Gasteiger partial charge >= 0.3 is 5.97 Å². The minimum absolute atomic E-state index is 0.374. The van der Waals surface area contributed by atoms with Crippen molar-refractivity contribution >= 4 is 5.97 Å². The Hall–Kier alpha value is -2.17. The predicted molar refractivity (Wildman–Crippen MR) is 88.0 cm³/mol. The van der Waals surface area contributed by atoms with Crippen LogP contribution >= 0.6 is 0 Å². The summed E-state index contributed by atoms with van der Waals surface area (Å²) < 4.78 is 16.3. The molecule has 1 atom stereocenters. The highest BCUT2D eigenvalue weighted by molar-refractivity contribution is 5.89. The van der Waals surface area contributed by atoms with Crippen molar-refractivity contribution in [1.29, 1.82) is 0 Å². The van der Waals surface area contributed by atoms with Gasteiger partial charge in [-0.05, 0) is 24.1 Å². The summed E-state index contributed by atoms with van der Waals surface area (Å²) >= 11 is 0. The Morgan fingerprint density at radius 1 is 1.00 bits per heavy atom. The van der Waals surface area contributed by atoms with Gasteiger partial charge in [-0.25, -0.2) is 4.79 Å². The van der Waals surface area contributed by atoms with Crippen LogP contribution in [-0.2, 0) is 20.8 Å². The Kier molecular flexibility index (Phi) is 7.30. The molecular formula is C19H22O4. The lowest BCUT2D eigenvalue weighted by Crippen LogP contribution is -2.22. The number of hydrogen-bond acceptors (Lipinski definition) is 4. The Labute approximate surface area is 137 Å². The highest BCUT2D eigenvalue weighted by Crippen LogP contribution is 2.12. The maximum atomic E-state index is 12.2. The number of ether oxygens (including phenoxy) is 3. The van der Waals surface area contributed by atoms with E-state index in [1.54, 1.807) is 31.4 Å². The summed E-state index contributed by atoms with van der Waals surface area (Å²) in [6, 6.07) is 18.7. The lowest BCUT2D eigenvalue weighted by atomic mass is 10.2. The molecular weight excluding hydrogens is 292 g/mol. The predicted octanol–water partition coefficient (Wildman–Crippen LogP) is 3.81. The van der Waals surface area contributed by atoms with Crippen LogP contribution in [0.5, 0.6) is 0 Å². The second kappa shape index (κ2) is 9.77. The Bertz CT molecular complexity index is 568. The molecule has 0 aliphatic rings. The van der Waals surface area contributed by atoms with E-state index in [-0.39, 0.29) is 5.97 Å². The van der Waals surface area contributed by atoms with Gasteiger partial charge in [0.2, 0.25) is 6.29 Å². The van der Waals surface area contributed by atoms with Gasteiger partial charge in [-0.3, -0.25) is 0 Å². The van der Waals surface area contributed by atoms with Crippen LogP contribution in [0.1, 0.15) is 28.8 Å². The lowest BCUT2D eigenvalue weighted by molar-refractivity contribution is -0.123. The molecule has 4 nitrogen and oxygen atoms in total. The summed E-state index contributed by atoms with van der Waals surface area (Å²) in [7, 11) is 1.65. The van der Waals surface area contributed by atoms with Crippen molar-refractivity contribution in [3.05, 3.63) is 71.8 Å². The minimum atomic E-state index is -0.585. The molecule has 0 amide bonds. The van der Waals surface area contributed by atoms with Crippen molar-refractivity contribution in [3.8, 4) is 0 Å². The van der Waals surface area contributed by atoms with Crippen LogP contribution in [0.2, 0.25) is 0 Å². The molecule has 2 aromatic carbocycles. The number of rotatable bonds is 9. The Balaban J connectivity index is 1.91. The first-order valence-corrected chi connectivity index (χ1v) is 7.70. The van der Waals surface area contributed by atoms with Crippen LogP contribution in [0, 0.1) is 0 Å². The highest BCUT2D eigenvalue weighted by atomic mass is 16.7. The third-order valence-corrected chi connectivity index (χ3v) is 3.31. The van der Waals surface area contributed by atoms with E-state index in [4.69, 9.17) is 14.2 Å². The zero-order valence-electron chi connectivity index (χ0n) is 13.3. The lowest BCUT2D eigenvalue weighted by Gasteiger charge is -2.18. The molecule has 4 heteroatoms. The minimum Gasteiger partial charge on any atom is -0.432 e. The molecule has 0 aliphatic carbocycles. The molecule has 1 unspecified atom stereocenters. The number of methoxy groups -OCH3 is 1. The SMILES string of the molecule is COCCCC(OCc1ccccc1)OC(=O)c1ccccc1. The molecule has 0 saturated carbocycles. The van der Waals surface area contributed by atoms with E-state index in [0.29, 0.717) is 25.2 Å². The van der Waals surface area contributed by atoms with E-state index in [0.717, 1.165) is 12.0 Å². The van der Waals surface area contributed by atoms with E-state index < -0.39 is 6.29 Å². The second-order valence-corrected chi connectivity index (χ2v) is 5.13. The van der Waals surface area contributed by atoms with Crippen molar-refractivity contribution in [2.45, 2.75) is 25.7 Å². The monoisotopic (exact) mass is 314 g/mol. The van der Waals surface area contributed by atoms with Gasteiger partial charge in [-0.1, -0.05) is 48.5 Å². The molecule has 2 rings (SSSR count). The van der Waals surface area contributed by atoms with Gasteiger partial charge in [0.25, 0.3) is 0 Å². The number of esters is 1. The van der Waals surface area contributed by atoms with Crippen LogP contribution < -0.4 is 0 Å². The van der Waals surface area contributed by atoms with Gasteiger partial charge in [-0.15, -0.1) is 0 Å². The second-order valence-electron chi connectivity index (χ2n) is 5.13. The van der Waals surface area contributed by atoms with E-state index in [9.17, 15) is 4.79 Å². The van der Waals surface area contributed by atoms with Crippen LogP contribution in [0.3, 0.4) is 0 Å². The molecule has 23 heavy (non-hydrogen) atoms. The number of benzene rings is 2. The van der Waals surface area contributed by atoms with Gasteiger partial charge in [0.15, 0.2) is 0 Å². The molecule has 0 fully saturated rings. The normalized spacial score (nSPS) is 11.9. The maximum absolute atomic E-state index is 12.2. The topological polar surface area (TPSA) is 44.8 Å². The van der Waals surface area contributed by atoms with Gasteiger partial charge < -0.3 is 14.2 Å². The van der Waals surface area contributed by atoms with E-state index >= 15 is 0 Å². The molecule has 0 aromatic heterocycles. The standard InChI is InChI=1S/C19H22O4/c1-21-14-8-13-18(22-15-16-9-4-2-5-10-16)23-19(20)17-11-6-3-7-12-17/h2-7,9-12,18H,8,13-15H2,1H3. The summed E-state index contributed by atoms with van der Waals surface area (Å²) in [5, 5.41) is 0. The van der Waals surface area contributed by atoms with Crippen molar-refractivity contribution in [3.63, 3.8) is 0 Å². The van der Waals surface area contributed by atoms with Crippen LogP contribution in [0.4, 0.5) is 0 Å². The van der Waals surface area contributed by atoms with Crippen LogP contribution in [0.25, 0.3) is 0 Å².